The van der Waals surface area contributed by atoms with E-state index >= 15 is 0 Å². The molecule has 0 saturated carbocycles. The van der Waals surface area contributed by atoms with E-state index < -0.39 is 18.1 Å². The molecule has 4 nitrogen and oxygen atoms in total. The first kappa shape index (κ1) is 22.6. The van der Waals surface area contributed by atoms with Crippen LogP contribution in [0, 0.1) is 12.7 Å². The quantitative estimate of drug-likeness (QED) is 0.277. The third-order valence-corrected chi connectivity index (χ3v) is 5.90. The summed E-state index contributed by atoms with van der Waals surface area (Å²) in [5, 5.41) is 0. The Bertz CT molecular complexity index is 1260. The molecule has 0 bridgehead atoms. The molecule has 2 heterocycles. The number of ether oxygens (including phenoxy) is 1. The minimum absolute atomic E-state index is 0.0749. The highest BCUT2D eigenvalue weighted by molar-refractivity contribution is 7.15. The number of hydrogen-bond donors (Lipinski definition) is 0. The van der Waals surface area contributed by atoms with E-state index in [9.17, 15) is 22.4 Å². The van der Waals surface area contributed by atoms with Crippen molar-refractivity contribution in [2.24, 2.45) is 0 Å². The molecule has 1 amide bonds. The van der Waals surface area contributed by atoms with Crippen LogP contribution < -0.4 is 9.64 Å². The van der Waals surface area contributed by atoms with Gasteiger partial charge in [-0.05, 0) is 72.6 Å². The lowest BCUT2D eigenvalue weighted by molar-refractivity contribution is -0.274. The maximum absolute atomic E-state index is 14.5. The van der Waals surface area contributed by atoms with E-state index in [2.05, 4.69) is 4.74 Å². The van der Waals surface area contributed by atoms with Gasteiger partial charge in [0, 0.05) is 9.75 Å². The summed E-state index contributed by atoms with van der Waals surface area (Å²) in [4.78, 5) is 15.8. The molecule has 33 heavy (non-hydrogen) atoms. The lowest BCUT2D eigenvalue weighted by atomic mass is 10.1. The predicted octanol–water partition coefficient (Wildman–Crippen LogP) is 7.20. The summed E-state index contributed by atoms with van der Waals surface area (Å²) in [6, 6.07) is 17.0. The number of aryl methyl sites for hydroxylation is 1. The first-order valence-electron chi connectivity index (χ1n) is 9.76. The smallest absolute Gasteiger partial charge is 0.459 e. The van der Waals surface area contributed by atoms with Gasteiger partial charge in [-0.15, -0.1) is 24.5 Å². The molecule has 0 N–H and O–H groups in total. The van der Waals surface area contributed by atoms with Gasteiger partial charge in [0.15, 0.2) is 5.76 Å². The molecule has 0 aliphatic rings. The van der Waals surface area contributed by atoms with E-state index in [1.165, 1.54) is 65.8 Å². The Morgan fingerprint density at radius 1 is 1.06 bits per heavy atom. The van der Waals surface area contributed by atoms with Gasteiger partial charge < -0.3 is 9.15 Å². The van der Waals surface area contributed by atoms with E-state index in [1.807, 2.05) is 0 Å². The van der Waals surface area contributed by atoms with Crippen molar-refractivity contribution in [1.29, 1.82) is 0 Å². The third kappa shape index (κ3) is 5.25. The van der Waals surface area contributed by atoms with Crippen LogP contribution in [-0.4, -0.2) is 12.3 Å². The standard InChI is InChI=1S/C24H17F4NO3S/c1-15-13-16(8-10-20(15)32-24(26,27)28)22-11-9-17(33-22)14-29(19-6-3-2-5-18(19)25)23(30)21-7-4-12-31-21/h2-13H,14H2,1H3. The van der Waals surface area contributed by atoms with E-state index in [0.29, 0.717) is 11.1 Å². The number of alkyl halides is 3. The van der Waals surface area contributed by atoms with Crippen molar-refractivity contribution >= 4 is 22.9 Å². The molecule has 0 radical (unpaired) electrons. The zero-order valence-electron chi connectivity index (χ0n) is 17.2. The highest BCUT2D eigenvalue weighted by Gasteiger charge is 2.31. The SMILES string of the molecule is Cc1cc(-c2ccc(CN(C(=O)c3ccco3)c3ccccc3F)s2)ccc1OC(F)(F)F. The van der Waals surface area contributed by atoms with Gasteiger partial charge in [0.05, 0.1) is 18.5 Å². The Morgan fingerprint density at radius 3 is 2.52 bits per heavy atom. The molecule has 0 spiro atoms. The van der Waals surface area contributed by atoms with Gasteiger partial charge in [0.25, 0.3) is 5.91 Å². The topological polar surface area (TPSA) is 42.7 Å². The number of furan rings is 1. The molecule has 0 fully saturated rings. The summed E-state index contributed by atoms with van der Waals surface area (Å²) in [6.45, 7) is 1.61. The average molecular weight is 475 g/mol. The molecule has 4 rings (SSSR count). The van der Waals surface area contributed by atoms with Crippen LogP contribution in [0.4, 0.5) is 23.2 Å². The predicted molar refractivity (Wildman–Crippen MR) is 117 cm³/mol. The molecule has 0 saturated heterocycles. The van der Waals surface area contributed by atoms with Crippen molar-refractivity contribution in [3.05, 3.63) is 95.0 Å². The monoisotopic (exact) mass is 475 g/mol. The molecular weight excluding hydrogens is 458 g/mol. The van der Waals surface area contributed by atoms with Crippen molar-refractivity contribution in [2.75, 3.05) is 4.90 Å². The van der Waals surface area contributed by atoms with Gasteiger partial charge in [0.1, 0.15) is 11.6 Å². The Balaban J connectivity index is 1.61. The zero-order chi connectivity index (χ0) is 23.6. The number of para-hydroxylation sites is 1. The summed E-state index contributed by atoms with van der Waals surface area (Å²) in [6.07, 6.45) is -3.40. The third-order valence-electron chi connectivity index (χ3n) is 4.78. The Kier molecular flexibility index (Phi) is 6.24. The van der Waals surface area contributed by atoms with Gasteiger partial charge in [-0.3, -0.25) is 9.69 Å². The lowest BCUT2D eigenvalue weighted by Crippen LogP contribution is -2.30. The summed E-state index contributed by atoms with van der Waals surface area (Å²) < 4.78 is 61.3. The van der Waals surface area contributed by atoms with E-state index in [1.54, 1.807) is 30.3 Å². The number of nitrogens with zero attached hydrogens (tertiary/aromatic N) is 1. The van der Waals surface area contributed by atoms with Crippen LogP contribution in [0.25, 0.3) is 10.4 Å². The van der Waals surface area contributed by atoms with Crippen LogP contribution >= 0.6 is 11.3 Å². The van der Waals surface area contributed by atoms with Crippen LogP contribution in [0.5, 0.6) is 5.75 Å². The zero-order valence-corrected chi connectivity index (χ0v) is 18.0. The van der Waals surface area contributed by atoms with Crippen molar-refractivity contribution < 1.29 is 31.5 Å². The molecule has 2 aromatic carbocycles. The highest BCUT2D eigenvalue weighted by atomic mass is 32.1. The minimum Gasteiger partial charge on any atom is -0.459 e. The average Bonchev–Trinajstić information content (AvgIpc) is 3.45. The molecule has 170 valence electrons. The Labute approximate surface area is 190 Å². The van der Waals surface area contributed by atoms with Crippen molar-refractivity contribution in [3.8, 4) is 16.2 Å². The number of thiophene rings is 1. The van der Waals surface area contributed by atoms with Gasteiger partial charge in [-0.1, -0.05) is 12.1 Å². The molecule has 0 atom stereocenters. The van der Waals surface area contributed by atoms with Gasteiger partial charge in [-0.2, -0.15) is 0 Å². The van der Waals surface area contributed by atoms with Crippen LogP contribution in [-0.2, 0) is 6.54 Å². The highest BCUT2D eigenvalue weighted by Crippen LogP contribution is 2.34. The number of benzene rings is 2. The maximum atomic E-state index is 14.5. The number of hydrogen-bond acceptors (Lipinski definition) is 4. The molecule has 9 heteroatoms. The van der Waals surface area contributed by atoms with Crippen molar-refractivity contribution in [3.63, 3.8) is 0 Å². The summed E-state index contributed by atoms with van der Waals surface area (Å²) in [7, 11) is 0. The van der Waals surface area contributed by atoms with Gasteiger partial charge in [-0.25, -0.2) is 4.39 Å². The second-order valence-corrected chi connectivity index (χ2v) is 8.28. The summed E-state index contributed by atoms with van der Waals surface area (Å²) in [5.74, 6) is -1.24. The van der Waals surface area contributed by atoms with Crippen LogP contribution in [0.1, 0.15) is 21.0 Å². The molecule has 0 aliphatic heterocycles. The fraction of sp³-hybridized carbons (Fsp3) is 0.125. The molecule has 0 aliphatic carbocycles. The van der Waals surface area contributed by atoms with Gasteiger partial charge in [0.2, 0.25) is 0 Å². The number of anilines is 1. The normalized spacial score (nSPS) is 11.4. The number of carbonyl (C=O) groups is 1. The lowest BCUT2D eigenvalue weighted by Gasteiger charge is -2.21. The second kappa shape index (κ2) is 9.11. The Hall–Kier alpha value is -3.59. The maximum Gasteiger partial charge on any atom is 0.573 e. The Morgan fingerprint density at radius 2 is 1.85 bits per heavy atom. The number of carbonyl (C=O) groups excluding carboxylic acids is 1. The van der Waals surface area contributed by atoms with Crippen LogP contribution in [0.15, 0.2) is 77.4 Å². The minimum atomic E-state index is -4.76. The van der Waals surface area contributed by atoms with Crippen LogP contribution in [0.3, 0.4) is 0 Å². The van der Waals surface area contributed by atoms with Crippen LogP contribution in [0.2, 0.25) is 0 Å². The van der Waals surface area contributed by atoms with E-state index in [4.69, 9.17) is 4.42 Å². The molecule has 4 aromatic rings. The summed E-state index contributed by atoms with van der Waals surface area (Å²) in [5.41, 5.74) is 1.15. The van der Waals surface area contributed by atoms with E-state index in [0.717, 1.165) is 9.75 Å². The number of amides is 1. The summed E-state index contributed by atoms with van der Waals surface area (Å²) >= 11 is 1.35. The molecular formula is C24H17F4NO3S. The van der Waals surface area contributed by atoms with E-state index in [-0.39, 0.29) is 23.7 Å². The fourth-order valence-electron chi connectivity index (χ4n) is 3.29. The van der Waals surface area contributed by atoms with Crippen molar-refractivity contribution in [2.45, 2.75) is 19.8 Å². The number of rotatable bonds is 6. The van der Waals surface area contributed by atoms with Crippen molar-refractivity contribution in [1.82, 2.24) is 0 Å². The first-order valence-corrected chi connectivity index (χ1v) is 10.6. The number of halogens is 4. The fourth-order valence-corrected chi connectivity index (χ4v) is 4.28. The first-order chi connectivity index (χ1) is 15.7. The molecule has 2 aromatic heterocycles. The van der Waals surface area contributed by atoms with Gasteiger partial charge >= 0.3 is 6.36 Å². The molecule has 0 unspecified atom stereocenters. The largest absolute Gasteiger partial charge is 0.573 e. The second-order valence-electron chi connectivity index (χ2n) is 7.11.